The van der Waals surface area contributed by atoms with E-state index >= 15 is 0 Å². The first-order valence-electron chi connectivity index (χ1n) is 7.89. The molecule has 2 atom stereocenters. The zero-order valence-electron chi connectivity index (χ0n) is 14.3. The van der Waals surface area contributed by atoms with Crippen LogP contribution in [0.3, 0.4) is 0 Å². The number of aliphatic hydroxyl groups is 1. The molecule has 0 unspecified atom stereocenters. The van der Waals surface area contributed by atoms with Crippen LogP contribution >= 0.6 is 0 Å². The second-order valence-corrected chi connectivity index (χ2v) is 8.12. The number of ether oxygens (including phenoxy) is 2. The fraction of sp³-hybridized carbons (Fsp3) is 0.562. The van der Waals surface area contributed by atoms with E-state index in [2.05, 4.69) is 0 Å². The Morgan fingerprint density at radius 2 is 1.96 bits per heavy atom. The van der Waals surface area contributed by atoms with Gasteiger partial charge in [0.05, 0.1) is 44.4 Å². The van der Waals surface area contributed by atoms with E-state index in [4.69, 9.17) is 15.2 Å². The van der Waals surface area contributed by atoms with Gasteiger partial charge in [-0.15, -0.1) is 0 Å². The van der Waals surface area contributed by atoms with Gasteiger partial charge in [0, 0.05) is 18.7 Å². The molecule has 0 aliphatic carbocycles. The van der Waals surface area contributed by atoms with Crippen molar-refractivity contribution in [3.8, 4) is 11.5 Å². The van der Waals surface area contributed by atoms with Crippen molar-refractivity contribution in [2.45, 2.75) is 12.1 Å². The van der Waals surface area contributed by atoms with Crippen molar-refractivity contribution in [3.63, 3.8) is 0 Å². The fourth-order valence-corrected chi connectivity index (χ4v) is 4.80. The molecule has 1 aliphatic rings. The Hall–Kier alpha value is -1.68. The van der Waals surface area contributed by atoms with Crippen molar-refractivity contribution in [2.75, 3.05) is 45.4 Å². The summed E-state index contributed by atoms with van der Waals surface area (Å²) in [6.45, 7) is 0.530. The molecule has 140 valence electrons. The van der Waals surface area contributed by atoms with Crippen molar-refractivity contribution in [3.05, 3.63) is 23.8 Å². The largest absolute Gasteiger partial charge is 0.493 e. The van der Waals surface area contributed by atoms with E-state index in [0.717, 1.165) is 0 Å². The van der Waals surface area contributed by atoms with Crippen LogP contribution in [0.5, 0.6) is 11.5 Å². The van der Waals surface area contributed by atoms with E-state index < -0.39 is 22.0 Å². The van der Waals surface area contributed by atoms with Crippen molar-refractivity contribution in [1.29, 1.82) is 0 Å². The Kier molecular flexibility index (Phi) is 6.39. The lowest BCUT2D eigenvalue weighted by atomic mass is 10.1. The molecule has 3 N–H and O–H groups in total. The van der Waals surface area contributed by atoms with Gasteiger partial charge in [0.15, 0.2) is 27.1 Å². The van der Waals surface area contributed by atoms with Crippen molar-refractivity contribution in [1.82, 2.24) is 4.90 Å². The highest BCUT2D eigenvalue weighted by atomic mass is 32.2. The van der Waals surface area contributed by atoms with E-state index in [9.17, 15) is 18.3 Å². The third-order valence-corrected chi connectivity index (χ3v) is 5.93. The molecule has 1 saturated heterocycles. The predicted molar refractivity (Wildman–Crippen MR) is 93.0 cm³/mol. The second-order valence-electron chi connectivity index (χ2n) is 5.96. The van der Waals surface area contributed by atoms with Crippen molar-refractivity contribution in [2.24, 2.45) is 5.73 Å². The lowest BCUT2D eigenvalue weighted by Crippen LogP contribution is -2.47. The van der Waals surface area contributed by atoms with Gasteiger partial charge in [0.2, 0.25) is 0 Å². The number of aliphatic hydroxyl groups excluding tert-OH is 1. The SMILES string of the molecule is COc1ccc(C(=O)CN(CCN)[C@@H]2CS(=O)(=O)C[C@H]2O)cc1OC. The maximum absolute atomic E-state index is 12.6. The molecule has 0 radical (unpaired) electrons. The standard InChI is InChI=1S/C16H24N2O6S/c1-23-15-4-3-11(7-16(15)24-2)13(19)8-18(6-5-17)12-9-25(21,22)10-14(12)20/h3-4,7,12,14,20H,5-6,8-10,17H2,1-2H3/t12-,14-/m1/s1. The van der Waals surface area contributed by atoms with E-state index in [1.807, 2.05) is 0 Å². The Labute approximate surface area is 147 Å². The molecule has 0 aromatic heterocycles. The van der Waals surface area contributed by atoms with Crippen LogP contribution in [-0.2, 0) is 9.84 Å². The van der Waals surface area contributed by atoms with Gasteiger partial charge in [-0.25, -0.2) is 8.42 Å². The topological polar surface area (TPSA) is 119 Å². The number of Topliss-reactive ketones (excluding diaryl/α,β-unsaturated/α-hetero) is 1. The van der Waals surface area contributed by atoms with E-state index in [1.165, 1.54) is 14.2 Å². The van der Waals surface area contributed by atoms with Gasteiger partial charge in [-0.2, -0.15) is 0 Å². The number of benzene rings is 1. The molecular weight excluding hydrogens is 348 g/mol. The number of nitrogens with two attached hydrogens (primary N) is 1. The smallest absolute Gasteiger partial charge is 0.176 e. The number of rotatable bonds is 8. The number of methoxy groups -OCH3 is 2. The van der Waals surface area contributed by atoms with Crippen LogP contribution in [0, 0.1) is 0 Å². The third kappa shape index (κ3) is 4.69. The van der Waals surface area contributed by atoms with Crippen LogP contribution in [0.2, 0.25) is 0 Å². The monoisotopic (exact) mass is 372 g/mol. The lowest BCUT2D eigenvalue weighted by molar-refractivity contribution is 0.0708. The summed E-state index contributed by atoms with van der Waals surface area (Å²) in [5.41, 5.74) is 6.00. The quantitative estimate of drug-likeness (QED) is 0.575. The molecule has 1 aliphatic heterocycles. The molecule has 0 spiro atoms. The Bertz CT molecular complexity index is 721. The van der Waals surface area contributed by atoms with Crippen LogP contribution in [0.1, 0.15) is 10.4 Å². The summed E-state index contributed by atoms with van der Waals surface area (Å²) in [5, 5.41) is 10.0. The molecule has 2 rings (SSSR count). The summed E-state index contributed by atoms with van der Waals surface area (Å²) in [6.07, 6.45) is -1.02. The second kappa shape index (κ2) is 8.13. The summed E-state index contributed by atoms with van der Waals surface area (Å²) in [5.74, 6) is 0.264. The molecule has 1 fully saturated rings. The molecule has 1 aromatic carbocycles. The zero-order chi connectivity index (χ0) is 18.6. The van der Waals surface area contributed by atoms with Crippen molar-refractivity contribution >= 4 is 15.6 Å². The van der Waals surface area contributed by atoms with Gasteiger partial charge >= 0.3 is 0 Å². The van der Waals surface area contributed by atoms with Gasteiger partial charge in [-0.3, -0.25) is 9.69 Å². The highest BCUT2D eigenvalue weighted by Gasteiger charge is 2.40. The predicted octanol–water partition coefficient (Wildman–Crippen LogP) is -0.695. The first-order valence-corrected chi connectivity index (χ1v) is 9.71. The molecular formula is C16H24N2O6S. The average Bonchev–Trinajstić information content (AvgIpc) is 2.86. The van der Waals surface area contributed by atoms with Crippen LogP contribution < -0.4 is 15.2 Å². The minimum Gasteiger partial charge on any atom is -0.493 e. The molecule has 1 heterocycles. The van der Waals surface area contributed by atoms with Crippen LogP contribution in [0.25, 0.3) is 0 Å². The van der Waals surface area contributed by atoms with E-state index in [0.29, 0.717) is 23.6 Å². The van der Waals surface area contributed by atoms with Gasteiger partial charge in [-0.05, 0) is 18.2 Å². The summed E-state index contributed by atoms with van der Waals surface area (Å²) >= 11 is 0. The zero-order valence-corrected chi connectivity index (χ0v) is 15.2. The number of hydrogen-bond acceptors (Lipinski definition) is 8. The highest BCUT2D eigenvalue weighted by molar-refractivity contribution is 7.91. The first kappa shape index (κ1) is 19.6. The van der Waals surface area contributed by atoms with Crippen LogP contribution in [0.15, 0.2) is 18.2 Å². The number of ketones is 1. The maximum atomic E-state index is 12.6. The Morgan fingerprint density at radius 3 is 2.48 bits per heavy atom. The van der Waals surface area contributed by atoms with Gasteiger partial charge < -0.3 is 20.3 Å². The number of nitrogens with zero attached hydrogens (tertiary/aromatic N) is 1. The maximum Gasteiger partial charge on any atom is 0.176 e. The molecule has 1 aromatic rings. The summed E-state index contributed by atoms with van der Waals surface area (Å²) in [7, 11) is -0.325. The van der Waals surface area contributed by atoms with E-state index in [1.54, 1.807) is 23.1 Å². The number of hydrogen-bond donors (Lipinski definition) is 2. The van der Waals surface area contributed by atoms with Crippen LogP contribution in [0.4, 0.5) is 0 Å². The van der Waals surface area contributed by atoms with Crippen molar-refractivity contribution < 1.29 is 27.8 Å². The summed E-state index contributed by atoms with van der Waals surface area (Å²) < 4.78 is 33.8. The Balaban J connectivity index is 2.18. The van der Waals surface area contributed by atoms with Gasteiger partial charge in [0.25, 0.3) is 0 Å². The number of carbonyl (C=O) groups is 1. The minimum absolute atomic E-state index is 0.0378. The highest BCUT2D eigenvalue weighted by Crippen LogP contribution is 2.28. The molecule has 0 bridgehead atoms. The summed E-state index contributed by atoms with van der Waals surface area (Å²) in [6, 6.07) is 4.20. The van der Waals surface area contributed by atoms with Gasteiger partial charge in [-0.1, -0.05) is 0 Å². The third-order valence-electron chi connectivity index (χ3n) is 4.23. The molecule has 0 amide bonds. The molecule has 25 heavy (non-hydrogen) atoms. The number of sulfone groups is 1. The molecule has 0 saturated carbocycles. The normalized spacial score (nSPS) is 22.1. The number of carbonyl (C=O) groups excluding carboxylic acids is 1. The molecule has 8 nitrogen and oxygen atoms in total. The summed E-state index contributed by atoms with van der Waals surface area (Å²) in [4.78, 5) is 14.2. The van der Waals surface area contributed by atoms with Gasteiger partial charge in [0.1, 0.15) is 0 Å². The lowest BCUT2D eigenvalue weighted by Gasteiger charge is -2.29. The van der Waals surface area contributed by atoms with E-state index in [-0.39, 0.29) is 30.4 Å². The first-order chi connectivity index (χ1) is 11.8. The Morgan fingerprint density at radius 1 is 1.28 bits per heavy atom. The fourth-order valence-electron chi connectivity index (χ4n) is 2.97. The van der Waals surface area contributed by atoms with Crippen LogP contribution in [-0.4, -0.2) is 81.7 Å². The average molecular weight is 372 g/mol. The molecule has 9 heteroatoms. The minimum atomic E-state index is -3.31.